The Morgan fingerprint density at radius 2 is 1.97 bits per heavy atom. The Hall–Kier alpha value is -3.12. The summed E-state index contributed by atoms with van der Waals surface area (Å²) in [6, 6.07) is 14.0. The van der Waals surface area contributed by atoms with E-state index in [1.807, 2.05) is 29.1 Å². The summed E-state index contributed by atoms with van der Waals surface area (Å²) < 4.78 is 7.77. The van der Waals surface area contributed by atoms with Gasteiger partial charge in [-0.05, 0) is 73.2 Å². The zero-order valence-corrected chi connectivity index (χ0v) is 17.7. The molecule has 6 nitrogen and oxygen atoms in total. The number of hydrogen-bond acceptors (Lipinski definition) is 4. The molecule has 5 rings (SSSR count). The van der Waals surface area contributed by atoms with Crippen LogP contribution in [0.1, 0.15) is 52.7 Å². The van der Waals surface area contributed by atoms with Crippen LogP contribution in [0.2, 0.25) is 0 Å². The van der Waals surface area contributed by atoms with Gasteiger partial charge in [0.2, 0.25) is 0 Å². The number of rotatable bonds is 4. The highest BCUT2D eigenvalue weighted by Gasteiger charge is 2.36. The summed E-state index contributed by atoms with van der Waals surface area (Å²) in [6.45, 7) is 2.26. The van der Waals surface area contributed by atoms with Crippen LogP contribution in [0.3, 0.4) is 0 Å². The zero-order valence-electron chi connectivity index (χ0n) is 17.7. The first kappa shape index (κ1) is 19.8. The highest BCUT2D eigenvalue weighted by Crippen LogP contribution is 2.33. The second kappa shape index (κ2) is 8.19. The number of benzene rings is 2. The van der Waals surface area contributed by atoms with E-state index in [0.29, 0.717) is 11.3 Å². The van der Waals surface area contributed by atoms with Crippen LogP contribution in [0.4, 0.5) is 0 Å². The molecule has 1 aromatic heterocycles. The summed E-state index contributed by atoms with van der Waals surface area (Å²) in [5.74, 6) is 0.601. The van der Waals surface area contributed by atoms with E-state index in [2.05, 4.69) is 36.3 Å². The first-order valence-electron chi connectivity index (χ1n) is 10.9. The number of ether oxygens (including phenoxy) is 1. The molecule has 1 aliphatic heterocycles. The summed E-state index contributed by atoms with van der Waals surface area (Å²) in [5, 5.41) is 14.7. The van der Waals surface area contributed by atoms with Crippen LogP contribution in [0, 0.1) is 6.92 Å². The third-order valence-corrected chi connectivity index (χ3v) is 6.48. The van der Waals surface area contributed by atoms with Crippen LogP contribution >= 0.6 is 0 Å². The number of amides is 1. The van der Waals surface area contributed by atoms with E-state index >= 15 is 0 Å². The summed E-state index contributed by atoms with van der Waals surface area (Å²) in [4.78, 5) is 15.0. The fraction of sp³-hybridized carbons (Fsp3) is 0.360. The number of carbonyl (C=O) groups is 1. The van der Waals surface area contributed by atoms with Gasteiger partial charge >= 0.3 is 0 Å². The number of hydrogen-bond donors (Lipinski definition) is 1. The molecule has 3 aromatic rings. The van der Waals surface area contributed by atoms with Gasteiger partial charge in [-0.1, -0.05) is 25.0 Å². The monoisotopic (exact) mass is 417 g/mol. The van der Waals surface area contributed by atoms with E-state index in [9.17, 15) is 9.90 Å². The smallest absolute Gasteiger partial charge is 0.260 e. The quantitative estimate of drug-likeness (QED) is 0.700. The molecule has 0 unspecified atom stereocenters. The van der Waals surface area contributed by atoms with E-state index in [4.69, 9.17) is 4.74 Å². The third-order valence-electron chi connectivity index (χ3n) is 6.48. The van der Waals surface area contributed by atoms with Crippen LogP contribution in [-0.2, 0) is 6.42 Å². The molecule has 160 valence electrons. The molecule has 0 spiro atoms. The zero-order chi connectivity index (χ0) is 21.4. The van der Waals surface area contributed by atoms with Crippen LogP contribution in [0.5, 0.6) is 5.75 Å². The molecule has 1 fully saturated rings. The van der Waals surface area contributed by atoms with Gasteiger partial charge in [-0.2, -0.15) is 5.10 Å². The van der Waals surface area contributed by atoms with Crippen LogP contribution in [0.15, 0.2) is 54.9 Å². The molecule has 31 heavy (non-hydrogen) atoms. The fourth-order valence-corrected chi connectivity index (χ4v) is 4.67. The van der Waals surface area contributed by atoms with Gasteiger partial charge in [-0.15, -0.1) is 0 Å². The van der Waals surface area contributed by atoms with Gasteiger partial charge in [0.05, 0.1) is 23.4 Å². The van der Waals surface area contributed by atoms with Crippen molar-refractivity contribution in [2.24, 2.45) is 0 Å². The van der Waals surface area contributed by atoms with Gasteiger partial charge in [-0.25, -0.2) is 4.68 Å². The number of nitrogens with zero attached hydrogens (tertiary/aromatic N) is 3. The minimum absolute atomic E-state index is 0.0394. The minimum atomic E-state index is -0.471. The first-order valence-corrected chi connectivity index (χ1v) is 10.9. The molecule has 1 aliphatic carbocycles. The SMILES string of the molecule is Cc1cc2c(cc1Cc1ccc(-n3cccn3)cc1)C(=O)N([C@@H]1CCCC[C@H]1O)CO2. The molecule has 0 radical (unpaired) electrons. The van der Waals surface area contributed by atoms with Crippen molar-refractivity contribution in [2.45, 2.75) is 51.2 Å². The minimum Gasteiger partial charge on any atom is -0.472 e. The molecule has 1 saturated carbocycles. The molecule has 0 saturated heterocycles. The number of aryl methyl sites for hydroxylation is 1. The lowest BCUT2D eigenvalue weighted by molar-refractivity contribution is -0.0124. The Balaban J connectivity index is 1.38. The summed E-state index contributed by atoms with van der Waals surface area (Å²) in [7, 11) is 0. The Kier molecular flexibility index (Phi) is 5.24. The van der Waals surface area contributed by atoms with E-state index in [0.717, 1.165) is 48.9 Å². The predicted octanol–water partition coefficient (Wildman–Crippen LogP) is 3.87. The van der Waals surface area contributed by atoms with Crippen molar-refractivity contribution in [3.63, 3.8) is 0 Å². The standard InChI is InChI=1S/C25H27N3O3/c1-17-13-24-21(25(30)27(16-31-24)22-5-2-3-6-23(22)29)15-19(17)14-18-7-9-20(10-8-18)28-12-4-11-26-28/h4,7-13,15,22-23,29H,2-3,5-6,14,16H2,1H3/t22-,23-/m1/s1. The third kappa shape index (κ3) is 3.83. The van der Waals surface area contributed by atoms with E-state index in [-0.39, 0.29) is 18.7 Å². The van der Waals surface area contributed by atoms with E-state index < -0.39 is 6.10 Å². The Bertz CT molecular complexity index is 1080. The molecular formula is C25H27N3O3. The van der Waals surface area contributed by atoms with Crippen molar-refractivity contribution in [1.29, 1.82) is 0 Å². The van der Waals surface area contributed by atoms with Crippen molar-refractivity contribution >= 4 is 5.91 Å². The van der Waals surface area contributed by atoms with Crippen LogP contribution in [-0.4, -0.2) is 44.6 Å². The van der Waals surface area contributed by atoms with Gasteiger partial charge in [0, 0.05) is 12.4 Å². The van der Waals surface area contributed by atoms with Crippen LogP contribution in [0.25, 0.3) is 5.69 Å². The molecule has 2 atom stereocenters. The van der Waals surface area contributed by atoms with Gasteiger partial charge in [0.1, 0.15) is 5.75 Å². The van der Waals surface area contributed by atoms with Crippen LogP contribution < -0.4 is 4.74 Å². The maximum atomic E-state index is 13.3. The molecule has 2 aliphatic rings. The fourth-order valence-electron chi connectivity index (χ4n) is 4.67. The molecule has 2 aromatic carbocycles. The van der Waals surface area contributed by atoms with Gasteiger partial charge < -0.3 is 9.84 Å². The van der Waals surface area contributed by atoms with E-state index in [1.165, 1.54) is 5.56 Å². The molecule has 6 heteroatoms. The molecule has 1 N–H and O–H groups in total. The molecule has 2 heterocycles. The number of aromatic nitrogens is 2. The second-order valence-corrected chi connectivity index (χ2v) is 8.54. The Labute approximate surface area is 182 Å². The van der Waals surface area contributed by atoms with Crippen molar-refractivity contribution < 1.29 is 14.6 Å². The second-order valence-electron chi connectivity index (χ2n) is 8.54. The largest absolute Gasteiger partial charge is 0.472 e. The summed E-state index contributed by atoms with van der Waals surface area (Å²) in [6.07, 6.45) is 7.56. The van der Waals surface area contributed by atoms with Crippen molar-refractivity contribution in [2.75, 3.05) is 6.73 Å². The molecule has 0 bridgehead atoms. The first-order chi connectivity index (χ1) is 15.1. The maximum Gasteiger partial charge on any atom is 0.260 e. The van der Waals surface area contributed by atoms with Gasteiger partial charge in [-0.3, -0.25) is 9.69 Å². The molecular weight excluding hydrogens is 390 g/mol. The number of aliphatic hydroxyl groups excluding tert-OH is 1. The number of fused-ring (bicyclic) bond motifs is 1. The predicted molar refractivity (Wildman–Crippen MR) is 117 cm³/mol. The topological polar surface area (TPSA) is 67.6 Å². The Morgan fingerprint density at radius 3 is 2.71 bits per heavy atom. The van der Waals surface area contributed by atoms with Crippen molar-refractivity contribution in [1.82, 2.24) is 14.7 Å². The number of carbonyl (C=O) groups excluding carboxylic acids is 1. The van der Waals surface area contributed by atoms with Gasteiger partial charge in [0.25, 0.3) is 5.91 Å². The van der Waals surface area contributed by atoms with Gasteiger partial charge in [0.15, 0.2) is 6.73 Å². The average molecular weight is 418 g/mol. The number of aliphatic hydroxyl groups is 1. The Morgan fingerprint density at radius 1 is 1.16 bits per heavy atom. The lowest BCUT2D eigenvalue weighted by Gasteiger charge is -2.39. The lowest BCUT2D eigenvalue weighted by Crippen LogP contribution is -2.51. The highest BCUT2D eigenvalue weighted by atomic mass is 16.5. The highest BCUT2D eigenvalue weighted by molar-refractivity contribution is 5.98. The lowest BCUT2D eigenvalue weighted by atomic mass is 9.90. The molecule has 1 amide bonds. The normalized spacial score (nSPS) is 21.0. The summed E-state index contributed by atoms with van der Waals surface area (Å²) >= 11 is 0. The van der Waals surface area contributed by atoms with E-state index in [1.54, 1.807) is 11.1 Å². The maximum absolute atomic E-state index is 13.3. The average Bonchev–Trinajstić information content (AvgIpc) is 3.31. The van der Waals surface area contributed by atoms with Crippen molar-refractivity contribution in [3.8, 4) is 11.4 Å². The van der Waals surface area contributed by atoms with Crippen molar-refractivity contribution in [3.05, 3.63) is 77.1 Å². The summed E-state index contributed by atoms with van der Waals surface area (Å²) in [5.41, 5.74) is 4.99.